The third-order valence-electron chi connectivity index (χ3n) is 3.43. The maximum absolute atomic E-state index is 5.57. The summed E-state index contributed by atoms with van der Waals surface area (Å²) >= 11 is 0. The van der Waals surface area contributed by atoms with E-state index in [1.54, 1.807) is 0 Å². The Balaban J connectivity index is 1.75. The van der Waals surface area contributed by atoms with E-state index in [1.807, 2.05) is 7.11 Å². The Morgan fingerprint density at radius 3 is 2.45 bits per heavy atom. The van der Waals surface area contributed by atoms with Gasteiger partial charge >= 0.3 is 0 Å². The minimum atomic E-state index is 0.564. The van der Waals surface area contributed by atoms with Crippen LogP contribution in [0.1, 0.15) is 25.7 Å². The fourth-order valence-corrected chi connectivity index (χ4v) is 2.74. The van der Waals surface area contributed by atoms with Crippen LogP contribution in [0.5, 0.6) is 0 Å². The first kappa shape index (κ1) is 7.56. The molecule has 0 unspecified atom stereocenters. The summed E-state index contributed by atoms with van der Waals surface area (Å²) in [7, 11) is 1.82. The Morgan fingerprint density at radius 2 is 2.00 bits per heavy atom. The standard InChI is InChI=1S/C9H17NO/c1-11-8-4-9(5-8)2-7(3-9)6-10/h7-8H,2-6,10H2,1H3. The van der Waals surface area contributed by atoms with Crippen molar-refractivity contribution in [2.45, 2.75) is 31.8 Å². The highest BCUT2D eigenvalue weighted by Gasteiger charge is 2.52. The summed E-state index contributed by atoms with van der Waals surface area (Å²) in [4.78, 5) is 0. The van der Waals surface area contributed by atoms with Crippen molar-refractivity contribution >= 4 is 0 Å². The summed E-state index contributed by atoms with van der Waals surface area (Å²) in [5.74, 6) is 0.827. The van der Waals surface area contributed by atoms with E-state index in [0.717, 1.165) is 12.5 Å². The van der Waals surface area contributed by atoms with Crippen molar-refractivity contribution in [3.05, 3.63) is 0 Å². The molecule has 2 fully saturated rings. The second-order valence-electron chi connectivity index (χ2n) is 4.28. The van der Waals surface area contributed by atoms with Crippen molar-refractivity contribution in [2.24, 2.45) is 17.1 Å². The van der Waals surface area contributed by atoms with Crippen LogP contribution < -0.4 is 5.73 Å². The Hall–Kier alpha value is -0.0800. The molecule has 2 rings (SSSR count). The molecular weight excluding hydrogens is 138 g/mol. The molecule has 64 valence electrons. The summed E-state index contributed by atoms with van der Waals surface area (Å²) in [6.45, 7) is 0.888. The first-order valence-electron chi connectivity index (χ1n) is 4.51. The highest BCUT2D eigenvalue weighted by atomic mass is 16.5. The molecule has 0 atom stereocenters. The van der Waals surface area contributed by atoms with Gasteiger partial charge in [-0.05, 0) is 43.6 Å². The van der Waals surface area contributed by atoms with Gasteiger partial charge in [0.25, 0.3) is 0 Å². The second kappa shape index (κ2) is 2.46. The summed E-state index contributed by atoms with van der Waals surface area (Å²) < 4.78 is 5.25. The third kappa shape index (κ3) is 1.09. The Kier molecular flexibility index (Phi) is 1.69. The SMILES string of the molecule is COC1CC2(CC(CN)C2)C1. The van der Waals surface area contributed by atoms with Gasteiger partial charge in [0, 0.05) is 7.11 Å². The molecule has 1 spiro atoms. The van der Waals surface area contributed by atoms with Crippen LogP contribution in [0.3, 0.4) is 0 Å². The Morgan fingerprint density at radius 1 is 1.36 bits per heavy atom. The highest BCUT2D eigenvalue weighted by molar-refractivity contribution is 5.03. The first-order chi connectivity index (χ1) is 5.28. The van der Waals surface area contributed by atoms with E-state index in [4.69, 9.17) is 10.5 Å². The van der Waals surface area contributed by atoms with Gasteiger partial charge < -0.3 is 10.5 Å². The Labute approximate surface area is 68.1 Å². The summed E-state index contributed by atoms with van der Waals surface area (Å²) in [6.07, 6.45) is 5.88. The number of hydrogen-bond donors (Lipinski definition) is 1. The average molecular weight is 155 g/mol. The largest absolute Gasteiger partial charge is 0.381 e. The molecule has 0 aromatic rings. The fourth-order valence-electron chi connectivity index (χ4n) is 2.74. The van der Waals surface area contributed by atoms with Crippen molar-refractivity contribution < 1.29 is 4.74 Å². The Bertz CT molecular complexity index is 124. The lowest BCUT2D eigenvalue weighted by Crippen LogP contribution is -2.52. The quantitative estimate of drug-likeness (QED) is 0.649. The van der Waals surface area contributed by atoms with Crippen molar-refractivity contribution in [1.29, 1.82) is 0 Å². The zero-order valence-corrected chi connectivity index (χ0v) is 7.18. The fraction of sp³-hybridized carbons (Fsp3) is 1.00. The number of ether oxygens (including phenoxy) is 1. The van der Waals surface area contributed by atoms with Crippen LogP contribution in [0.15, 0.2) is 0 Å². The molecule has 2 aliphatic carbocycles. The van der Waals surface area contributed by atoms with Crippen molar-refractivity contribution in [3.63, 3.8) is 0 Å². The van der Waals surface area contributed by atoms with E-state index in [1.165, 1.54) is 25.7 Å². The van der Waals surface area contributed by atoms with Crippen LogP contribution in [0.4, 0.5) is 0 Å². The van der Waals surface area contributed by atoms with Gasteiger partial charge in [0.05, 0.1) is 6.10 Å². The molecular formula is C9H17NO. The summed E-state index contributed by atoms with van der Waals surface area (Å²) in [5.41, 5.74) is 6.25. The van der Waals surface area contributed by atoms with Gasteiger partial charge in [0.2, 0.25) is 0 Å². The molecule has 0 heterocycles. The van der Waals surface area contributed by atoms with Crippen LogP contribution in [-0.2, 0) is 4.74 Å². The molecule has 0 amide bonds. The van der Waals surface area contributed by atoms with E-state index >= 15 is 0 Å². The van der Waals surface area contributed by atoms with Crippen LogP contribution in [0.2, 0.25) is 0 Å². The monoisotopic (exact) mass is 155 g/mol. The maximum atomic E-state index is 5.57. The van der Waals surface area contributed by atoms with Gasteiger partial charge in [-0.15, -0.1) is 0 Å². The number of hydrogen-bond acceptors (Lipinski definition) is 2. The first-order valence-corrected chi connectivity index (χ1v) is 4.51. The molecule has 2 aliphatic rings. The molecule has 0 radical (unpaired) electrons. The third-order valence-corrected chi connectivity index (χ3v) is 3.43. The molecule has 0 aromatic heterocycles. The molecule has 0 saturated heterocycles. The van der Waals surface area contributed by atoms with E-state index < -0.39 is 0 Å². The van der Waals surface area contributed by atoms with E-state index in [-0.39, 0.29) is 0 Å². The topological polar surface area (TPSA) is 35.2 Å². The normalized spacial score (nSPS) is 48.5. The van der Waals surface area contributed by atoms with Crippen molar-refractivity contribution in [2.75, 3.05) is 13.7 Å². The molecule has 0 aliphatic heterocycles. The minimum Gasteiger partial charge on any atom is -0.381 e. The smallest absolute Gasteiger partial charge is 0.0582 e. The van der Waals surface area contributed by atoms with Gasteiger partial charge in [0.15, 0.2) is 0 Å². The summed E-state index contributed by atoms with van der Waals surface area (Å²) in [6, 6.07) is 0. The lowest BCUT2D eigenvalue weighted by molar-refractivity contribution is -0.123. The van der Waals surface area contributed by atoms with Gasteiger partial charge in [0.1, 0.15) is 0 Å². The zero-order valence-electron chi connectivity index (χ0n) is 7.18. The number of methoxy groups -OCH3 is 1. The lowest BCUT2D eigenvalue weighted by Gasteiger charge is -2.57. The molecule has 2 heteroatoms. The number of nitrogens with two attached hydrogens (primary N) is 1. The molecule has 11 heavy (non-hydrogen) atoms. The zero-order chi connectivity index (χ0) is 7.90. The van der Waals surface area contributed by atoms with Crippen LogP contribution in [-0.4, -0.2) is 19.8 Å². The molecule has 2 saturated carbocycles. The lowest BCUT2D eigenvalue weighted by atomic mass is 9.51. The van der Waals surface area contributed by atoms with Crippen LogP contribution in [0, 0.1) is 11.3 Å². The predicted molar refractivity (Wildman–Crippen MR) is 44.2 cm³/mol. The van der Waals surface area contributed by atoms with E-state index in [9.17, 15) is 0 Å². The van der Waals surface area contributed by atoms with Gasteiger partial charge in [-0.3, -0.25) is 0 Å². The highest BCUT2D eigenvalue weighted by Crippen LogP contribution is 2.58. The van der Waals surface area contributed by atoms with Gasteiger partial charge in [-0.1, -0.05) is 0 Å². The van der Waals surface area contributed by atoms with Crippen molar-refractivity contribution in [3.8, 4) is 0 Å². The summed E-state index contributed by atoms with van der Waals surface area (Å²) in [5, 5.41) is 0. The maximum Gasteiger partial charge on any atom is 0.0582 e. The van der Waals surface area contributed by atoms with Crippen molar-refractivity contribution in [1.82, 2.24) is 0 Å². The van der Waals surface area contributed by atoms with Crippen LogP contribution in [0.25, 0.3) is 0 Å². The van der Waals surface area contributed by atoms with Gasteiger partial charge in [-0.2, -0.15) is 0 Å². The second-order valence-corrected chi connectivity index (χ2v) is 4.28. The molecule has 2 N–H and O–H groups in total. The molecule has 0 aromatic carbocycles. The van der Waals surface area contributed by atoms with Crippen LogP contribution >= 0.6 is 0 Å². The molecule has 2 nitrogen and oxygen atoms in total. The minimum absolute atomic E-state index is 0.564. The average Bonchev–Trinajstić information content (AvgIpc) is 1.83. The van der Waals surface area contributed by atoms with E-state index in [0.29, 0.717) is 11.5 Å². The van der Waals surface area contributed by atoms with E-state index in [2.05, 4.69) is 0 Å². The predicted octanol–water partition coefficient (Wildman–Crippen LogP) is 1.15. The molecule has 0 bridgehead atoms. The van der Waals surface area contributed by atoms with Gasteiger partial charge in [-0.25, -0.2) is 0 Å². The number of rotatable bonds is 2.